The molecule has 0 aliphatic carbocycles. The minimum atomic E-state index is -4.54. The van der Waals surface area contributed by atoms with Gasteiger partial charge in [-0.25, -0.2) is 4.79 Å². The average Bonchev–Trinajstić information content (AvgIpc) is 3.22. The number of hydrogen-bond acceptors (Lipinski definition) is 6. The highest BCUT2D eigenvalue weighted by Crippen LogP contribution is 2.41. The van der Waals surface area contributed by atoms with Crippen molar-refractivity contribution in [2.45, 2.75) is 28.9 Å². The molecule has 2 aromatic rings. The Kier molecular flexibility index (Phi) is 7.38. The van der Waals surface area contributed by atoms with Crippen LogP contribution in [0.1, 0.15) is 6.42 Å². The second kappa shape index (κ2) is 10.6. The fourth-order valence-corrected chi connectivity index (χ4v) is 6.81. The summed E-state index contributed by atoms with van der Waals surface area (Å²) >= 11 is 2.54. The van der Waals surface area contributed by atoms with Crippen LogP contribution in [0, 0.1) is 0 Å². The predicted molar refractivity (Wildman–Crippen MR) is 140 cm³/mol. The zero-order valence-corrected chi connectivity index (χ0v) is 21.9. The highest BCUT2D eigenvalue weighted by Gasteiger charge is 2.54. The Balaban J connectivity index is 1.24. The molecule has 0 radical (unpaired) electrons. The first kappa shape index (κ1) is 27.1. The van der Waals surface area contributed by atoms with E-state index in [1.807, 2.05) is 42.5 Å². The van der Waals surface area contributed by atoms with E-state index < -0.39 is 41.9 Å². The lowest BCUT2D eigenvalue weighted by Crippen LogP contribution is -2.70. The summed E-state index contributed by atoms with van der Waals surface area (Å²) in [7, 11) is 0. The van der Waals surface area contributed by atoms with Gasteiger partial charge < -0.3 is 15.3 Å². The van der Waals surface area contributed by atoms with Gasteiger partial charge in [-0.15, -0.1) is 23.5 Å². The molecule has 2 atom stereocenters. The summed E-state index contributed by atoms with van der Waals surface area (Å²) in [6.45, 7) is -1.50. The number of alkyl halides is 3. The first-order valence-corrected chi connectivity index (χ1v) is 13.9. The number of benzene rings is 2. The lowest BCUT2D eigenvalue weighted by atomic mass is 10.0. The molecule has 0 saturated carbocycles. The quantitative estimate of drug-likeness (QED) is 0.295. The number of carbonyl (C=O) groups excluding carboxylic acids is 3. The molecule has 2 fully saturated rings. The highest BCUT2D eigenvalue weighted by atomic mass is 32.2. The Morgan fingerprint density at radius 3 is 2.62 bits per heavy atom. The van der Waals surface area contributed by atoms with Gasteiger partial charge in [-0.1, -0.05) is 30.3 Å². The summed E-state index contributed by atoms with van der Waals surface area (Å²) in [5.41, 5.74) is -0.0871. The zero-order chi connectivity index (χ0) is 27.9. The number of carboxylic acids is 1. The van der Waals surface area contributed by atoms with Crippen molar-refractivity contribution >= 4 is 58.0 Å². The van der Waals surface area contributed by atoms with E-state index in [1.165, 1.54) is 29.6 Å². The summed E-state index contributed by atoms with van der Waals surface area (Å²) in [4.78, 5) is 52.6. The molecule has 5 rings (SSSR count). The number of halogens is 3. The Morgan fingerprint density at radius 2 is 1.90 bits per heavy atom. The molecule has 3 aliphatic rings. The fourth-order valence-electron chi connectivity index (χ4n) is 4.75. The number of carboxylic acid groups (broad SMARTS) is 1. The molecule has 3 amide bonds. The van der Waals surface area contributed by atoms with Crippen LogP contribution in [0.4, 0.5) is 13.2 Å². The molecule has 0 spiro atoms. The molecular formula is C26H22F3N3O5S2. The van der Waals surface area contributed by atoms with Crippen LogP contribution >= 0.6 is 23.5 Å². The van der Waals surface area contributed by atoms with E-state index in [9.17, 15) is 37.5 Å². The van der Waals surface area contributed by atoms with E-state index in [2.05, 4.69) is 5.32 Å². The third kappa shape index (κ3) is 5.64. The Labute approximate surface area is 229 Å². The molecule has 13 heteroatoms. The first-order valence-electron chi connectivity index (χ1n) is 11.9. The Hall–Kier alpha value is -3.45. The topological polar surface area (TPSA) is 107 Å². The normalized spacial score (nSPS) is 22.4. The molecular weight excluding hydrogens is 555 g/mol. The molecule has 0 bridgehead atoms. The lowest BCUT2D eigenvalue weighted by molar-refractivity contribution is -0.156. The minimum absolute atomic E-state index is 0.0426. The van der Waals surface area contributed by atoms with Gasteiger partial charge in [0.05, 0.1) is 5.75 Å². The van der Waals surface area contributed by atoms with Gasteiger partial charge in [0.1, 0.15) is 23.7 Å². The monoisotopic (exact) mass is 577 g/mol. The molecule has 39 heavy (non-hydrogen) atoms. The van der Waals surface area contributed by atoms with Crippen LogP contribution in [0.25, 0.3) is 10.8 Å². The smallest absolute Gasteiger partial charge is 0.406 e. The summed E-state index contributed by atoms with van der Waals surface area (Å²) in [5.74, 6) is -2.99. The van der Waals surface area contributed by atoms with Crippen molar-refractivity contribution < 1.29 is 37.5 Å². The predicted octanol–water partition coefficient (Wildman–Crippen LogP) is 3.39. The maximum Gasteiger partial charge on any atom is 0.406 e. The third-order valence-corrected chi connectivity index (χ3v) is 8.84. The van der Waals surface area contributed by atoms with Crippen LogP contribution in [0.2, 0.25) is 0 Å². The molecule has 0 aromatic heterocycles. The van der Waals surface area contributed by atoms with Gasteiger partial charge in [-0.05, 0) is 41.0 Å². The zero-order valence-electron chi connectivity index (χ0n) is 20.2. The number of fused-ring (bicyclic) bond motifs is 2. The summed E-state index contributed by atoms with van der Waals surface area (Å²) in [6, 6.07) is 12.8. The van der Waals surface area contributed by atoms with Crippen LogP contribution in [-0.2, 0) is 19.2 Å². The standard InChI is InChI=1S/C26H22F3N3O5S2/c27-26(28,29)13-31-8-7-16(22(31)34)9-17-11-39-24-20(23(35)32(24)21(17)25(36)37)30-19(33)12-38-18-6-5-14-3-1-2-4-15(14)10-18/h1-6,9-10,20,24H,7-8,11-13H2,(H,30,33)(H,36,37)/t20-,24-/m1/s1. The third-order valence-electron chi connectivity index (χ3n) is 6.54. The van der Waals surface area contributed by atoms with Gasteiger partial charge >= 0.3 is 12.1 Å². The van der Waals surface area contributed by atoms with Crippen molar-refractivity contribution in [1.29, 1.82) is 0 Å². The number of nitrogens with zero attached hydrogens (tertiary/aromatic N) is 2. The van der Waals surface area contributed by atoms with Crippen molar-refractivity contribution in [2.24, 2.45) is 0 Å². The number of β-lactam (4-membered cyclic amide) rings is 1. The Morgan fingerprint density at radius 1 is 1.15 bits per heavy atom. The number of nitrogens with one attached hydrogen (secondary N) is 1. The number of hydrogen-bond donors (Lipinski definition) is 2. The molecule has 2 saturated heterocycles. The van der Waals surface area contributed by atoms with Crippen molar-refractivity contribution in [3.05, 3.63) is 65.4 Å². The van der Waals surface area contributed by atoms with E-state index in [0.29, 0.717) is 4.90 Å². The molecule has 8 nitrogen and oxygen atoms in total. The number of aliphatic carboxylic acids is 1. The molecule has 0 unspecified atom stereocenters. The molecule has 2 aromatic carbocycles. The molecule has 3 aliphatic heterocycles. The van der Waals surface area contributed by atoms with Gasteiger partial charge in [-0.3, -0.25) is 19.3 Å². The van der Waals surface area contributed by atoms with Crippen LogP contribution < -0.4 is 5.32 Å². The van der Waals surface area contributed by atoms with Gasteiger partial charge in [0.2, 0.25) is 11.8 Å². The number of thioether (sulfide) groups is 2. The van der Waals surface area contributed by atoms with Crippen LogP contribution in [0.3, 0.4) is 0 Å². The van der Waals surface area contributed by atoms with Crippen LogP contribution in [0.5, 0.6) is 0 Å². The number of amides is 3. The van der Waals surface area contributed by atoms with Gasteiger partial charge in [0, 0.05) is 22.8 Å². The van der Waals surface area contributed by atoms with Crippen molar-refractivity contribution in [1.82, 2.24) is 15.1 Å². The minimum Gasteiger partial charge on any atom is -0.477 e. The maximum atomic E-state index is 12.9. The van der Waals surface area contributed by atoms with Gasteiger partial charge in [-0.2, -0.15) is 13.2 Å². The van der Waals surface area contributed by atoms with Gasteiger partial charge in [0.25, 0.3) is 5.91 Å². The first-order chi connectivity index (χ1) is 18.5. The second-order valence-electron chi connectivity index (χ2n) is 9.19. The number of likely N-dealkylation sites (tertiary alicyclic amines) is 1. The van der Waals surface area contributed by atoms with E-state index in [4.69, 9.17) is 0 Å². The highest BCUT2D eigenvalue weighted by molar-refractivity contribution is 8.00. The largest absolute Gasteiger partial charge is 0.477 e. The second-order valence-corrected chi connectivity index (χ2v) is 11.3. The Bertz CT molecular complexity index is 1440. The summed E-state index contributed by atoms with van der Waals surface area (Å²) < 4.78 is 38.2. The van der Waals surface area contributed by atoms with E-state index in [0.717, 1.165) is 20.6 Å². The van der Waals surface area contributed by atoms with Crippen LogP contribution in [0.15, 0.2) is 70.3 Å². The maximum absolute atomic E-state index is 12.9. The van der Waals surface area contributed by atoms with Crippen LogP contribution in [-0.4, -0.2) is 80.8 Å². The van der Waals surface area contributed by atoms with E-state index in [-0.39, 0.29) is 47.2 Å². The molecule has 204 valence electrons. The number of allylic oxidation sites excluding steroid dienone is 1. The van der Waals surface area contributed by atoms with E-state index in [1.54, 1.807) is 0 Å². The van der Waals surface area contributed by atoms with Gasteiger partial charge in [0.15, 0.2) is 0 Å². The molecule has 3 heterocycles. The number of rotatable bonds is 7. The summed E-state index contributed by atoms with van der Waals surface area (Å²) in [5, 5.41) is 14.0. The van der Waals surface area contributed by atoms with E-state index >= 15 is 0 Å². The van der Waals surface area contributed by atoms with Crippen molar-refractivity contribution in [2.75, 3.05) is 24.6 Å². The number of carbonyl (C=O) groups is 4. The SMILES string of the molecule is O=C(CSc1ccc2ccccc2c1)N[C@@H]1C(=O)N2C(C(=O)O)=C(C=C3CCN(CC(F)(F)F)C3=O)CS[C@H]12. The summed E-state index contributed by atoms with van der Waals surface area (Å²) in [6.07, 6.45) is -3.21. The molecule has 2 N–H and O–H groups in total. The van der Waals surface area contributed by atoms with Crippen molar-refractivity contribution in [3.63, 3.8) is 0 Å². The fraction of sp³-hybridized carbons (Fsp3) is 0.308. The lowest BCUT2D eigenvalue weighted by Gasteiger charge is -2.49. The van der Waals surface area contributed by atoms with Crippen molar-refractivity contribution in [3.8, 4) is 0 Å². The average molecular weight is 578 g/mol.